The van der Waals surface area contributed by atoms with Crippen molar-refractivity contribution in [1.82, 2.24) is 0 Å². The Balaban J connectivity index is 2.46. The number of rotatable bonds is 6. The van der Waals surface area contributed by atoms with Gasteiger partial charge in [0, 0.05) is 0 Å². The van der Waals surface area contributed by atoms with Crippen LogP contribution >= 0.6 is 11.8 Å². The lowest BCUT2D eigenvalue weighted by molar-refractivity contribution is -0.150. The first-order valence-corrected chi connectivity index (χ1v) is 7.04. The van der Waals surface area contributed by atoms with Crippen molar-refractivity contribution >= 4 is 17.7 Å². The minimum Gasteiger partial charge on any atom is -0.457 e. The number of hydrogen-bond donors (Lipinski definition) is 1. The van der Waals surface area contributed by atoms with Crippen LogP contribution < -0.4 is 5.73 Å². The van der Waals surface area contributed by atoms with Crippen LogP contribution in [0.5, 0.6) is 0 Å². The number of nitrogens with two attached hydrogens (primary N) is 1. The summed E-state index contributed by atoms with van der Waals surface area (Å²) in [6.07, 6.45) is 2.40. The minimum atomic E-state index is -0.520. The lowest BCUT2D eigenvalue weighted by atomic mass is 10.1. The molecule has 0 radical (unpaired) electrons. The van der Waals surface area contributed by atoms with Crippen molar-refractivity contribution in [3.05, 3.63) is 35.9 Å². The van der Waals surface area contributed by atoms with Crippen LogP contribution in [0, 0.1) is 0 Å². The fraction of sp³-hybridized carbons (Fsp3) is 0.462. The van der Waals surface area contributed by atoms with E-state index in [9.17, 15) is 4.79 Å². The van der Waals surface area contributed by atoms with E-state index in [1.807, 2.05) is 43.5 Å². The van der Waals surface area contributed by atoms with E-state index in [2.05, 4.69) is 0 Å². The molecule has 0 amide bonds. The highest BCUT2D eigenvalue weighted by Crippen LogP contribution is 2.16. The molecule has 0 saturated carbocycles. The second-order valence-electron chi connectivity index (χ2n) is 3.88. The summed E-state index contributed by atoms with van der Waals surface area (Å²) in [5.74, 6) is 0.547. The fourth-order valence-electron chi connectivity index (χ4n) is 1.42. The van der Waals surface area contributed by atoms with Crippen molar-refractivity contribution in [3.8, 4) is 0 Å². The molecule has 0 aliphatic rings. The van der Waals surface area contributed by atoms with Crippen molar-refractivity contribution in [1.29, 1.82) is 0 Å². The number of esters is 1. The standard InChI is InChI=1S/C13H19NO2S/c1-10(11-6-4-3-5-7-11)16-13(15)12(14)8-9-17-2/h3-7,10,12H,8-9,14H2,1-2H3/t10?,12-/m1/s1. The quantitative estimate of drug-likeness (QED) is 0.791. The van der Waals surface area contributed by atoms with Crippen molar-refractivity contribution < 1.29 is 9.53 Å². The Morgan fingerprint density at radius 1 is 1.41 bits per heavy atom. The predicted molar refractivity (Wildman–Crippen MR) is 71.9 cm³/mol. The maximum absolute atomic E-state index is 11.7. The molecular weight excluding hydrogens is 234 g/mol. The molecule has 17 heavy (non-hydrogen) atoms. The van der Waals surface area contributed by atoms with E-state index in [1.54, 1.807) is 11.8 Å². The van der Waals surface area contributed by atoms with E-state index in [1.165, 1.54) is 0 Å². The Morgan fingerprint density at radius 3 is 2.65 bits per heavy atom. The average Bonchev–Trinajstić information content (AvgIpc) is 2.36. The molecule has 0 aromatic heterocycles. The maximum Gasteiger partial charge on any atom is 0.323 e. The van der Waals surface area contributed by atoms with E-state index in [4.69, 9.17) is 10.5 Å². The van der Waals surface area contributed by atoms with Gasteiger partial charge in [0.05, 0.1) is 0 Å². The van der Waals surface area contributed by atoms with Gasteiger partial charge in [0.25, 0.3) is 0 Å². The molecule has 0 bridgehead atoms. The van der Waals surface area contributed by atoms with E-state index < -0.39 is 6.04 Å². The van der Waals surface area contributed by atoms with Gasteiger partial charge in [-0.05, 0) is 30.9 Å². The van der Waals surface area contributed by atoms with Crippen LogP contribution in [-0.2, 0) is 9.53 Å². The summed E-state index contributed by atoms with van der Waals surface area (Å²) in [6, 6.07) is 9.13. The second kappa shape index (κ2) is 7.35. The molecule has 2 atom stereocenters. The molecule has 0 saturated heterocycles. The normalized spacial score (nSPS) is 14.1. The molecule has 0 aliphatic heterocycles. The van der Waals surface area contributed by atoms with Gasteiger partial charge < -0.3 is 10.5 Å². The molecule has 0 fully saturated rings. The summed E-state index contributed by atoms with van der Waals surface area (Å²) in [7, 11) is 0. The van der Waals surface area contributed by atoms with E-state index in [-0.39, 0.29) is 12.1 Å². The van der Waals surface area contributed by atoms with Crippen LogP contribution in [0.2, 0.25) is 0 Å². The van der Waals surface area contributed by atoms with Crippen LogP contribution in [-0.4, -0.2) is 24.0 Å². The third-order valence-corrected chi connectivity index (χ3v) is 3.14. The summed E-state index contributed by atoms with van der Waals surface area (Å²) in [6.45, 7) is 1.86. The van der Waals surface area contributed by atoms with Crippen LogP contribution in [0.25, 0.3) is 0 Å². The number of carbonyl (C=O) groups excluding carboxylic acids is 1. The van der Waals surface area contributed by atoms with E-state index in [0.29, 0.717) is 6.42 Å². The molecule has 3 nitrogen and oxygen atoms in total. The fourth-order valence-corrected chi connectivity index (χ4v) is 1.91. The molecule has 4 heteroatoms. The topological polar surface area (TPSA) is 52.3 Å². The molecule has 94 valence electrons. The Labute approximate surface area is 107 Å². The third-order valence-electron chi connectivity index (χ3n) is 2.50. The third kappa shape index (κ3) is 4.79. The van der Waals surface area contributed by atoms with Gasteiger partial charge in [-0.1, -0.05) is 30.3 Å². The van der Waals surface area contributed by atoms with Crippen molar-refractivity contribution in [2.24, 2.45) is 5.73 Å². The number of carbonyl (C=O) groups is 1. The van der Waals surface area contributed by atoms with Crippen molar-refractivity contribution in [3.63, 3.8) is 0 Å². The van der Waals surface area contributed by atoms with Gasteiger partial charge in [-0.2, -0.15) is 11.8 Å². The molecule has 1 aromatic carbocycles. The molecule has 0 spiro atoms. The zero-order chi connectivity index (χ0) is 12.7. The van der Waals surface area contributed by atoms with Crippen LogP contribution in [0.1, 0.15) is 25.0 Å². The molecule has 1 rings (SSSR count). The minimum absolute atomic E-state index is 0.246. The second-order valence-corrected chi connectivity index (χ2v) is 4.86. The maximum atomic E-state index is 11.7. The zero-order valence-corrected chi connectivity index (χ0v) is 11.1. The number of ether oxygens (including phenoxy) is 1. The average molecular weight is 253 g/mol. The Kier molecular flexibility index (Phi) is 6.08. The summed E-state index contributed by atoms with van der Waals surface area (Å²) in [4.78, 5) is 11.7. The highest BCUT2D eigenvalue weighted by atomic mass is 32.2. The Bertz CT molecular complexity index is 343. The van der Waals surface area contributed by atoms with E-state index in [0.717, 1.165) is 11.3 Å². The summed E-state index contributed by atoms with van der Waals surface area (Å²) in [5.41, 5.74) is 6.73. The zero-order valence-electron chi connectivity index (χ0n) is 10.3. The van der Waals surface area contributed by atoms with Gasteiger partial charge >= 0.3 is 5.97 Å². The summed E-state index contributed by atoms with van der Waals surface area (Å²) >= 11 is 1.67. The highest BCUT2D eigenvalue weighted by Gasteiger charge is 2.18. The number of hydrogen-bond acceptors (Lipinski definition) is 4. The van der Waals surface area contributed by atoms with Gasteiger partial charge in [0.15, 0.2) is 0 Å². The first-order chi connectivity index (χ1) is 8.15. The van der Waals surface area contributed by atoms with E-state index >= 15 is 0 Å². The van der Waals surface area contributed by atoms with Gasteiger partial charge in [0.2, 0.25) is 0 Å². The number of benzene rings is 1. The van der Waals surface area contributed by atoms with Crippen LogP contribution in [0.4, 0.5) is 0 Å². The van der Waals surface area contributed by atoms with Gasteiger partial charge in [-0.3, -0.25) is 4.79 Å². The molecule has 1 aromatic rings. The van der Waals surface area contributed by atoms with Gasteiger partial charge in [-0.15, -0.1) is 0 Å². The SMILES string of the molecule is CSCC[C@@H](N)C(=O)OC(C)c1ccccc1. The first-order valence-electron chi connectivity index (χ1n) is 5.65. The number of thioether (sulfide) groups is 1. The first kappa shape index (κ1) is 14.1. The molecule has 0 heterocycles. The molecular formula is C13H19NO2S. The van der Waals surface area contributed by atoms with Crippen molar-refractivity contribution in [2.45, 2.75) is 25.5 Å². The van der Waals surface area contributed by atoms with Gasteiger partial charge in [0.1, 0.15) is 12.1 Å². The molecule has 1 unspecified atom stereocenters. The summed E-state index contributed by atoms with van der Waals surface area (Å²) in [5, 5.41) is 0. The lowest BCUT2D eigenvalue weighted by Crippen LogP contribution is -2.33. The predicted octanol–water partition coefficient (Wildman–Crippen LogP) is 2.37. The Hall–Kier alpha value is -1.00. The summed E-state index contributed by atoms with van der Waals surface area (Å²) < 4.78 is 5.32. The lowest BCUT2D eigenvalue weighted by Gasteiger charge is -2.16. The van der Waals surface area contributed by atoms with Gasteiger partial charge in [-0.25, -0.2) is 0 Å². The van der Waals surface area contributed by atoms with Crippen LogP contribution in [0.3, 0.4) is 0 Å². The molecule has 2 N–H and O–H groups in total. The highest BCUT2D eigenvalue weighted by molar-refractivity contribution is 7.98. The Morgan fingerprint density at radius 2 is 2.06 bits per heavy atom. The molecule has 0 aliphatic carbocycles. The van der Waals surface area contributed by atoms with Crippen LogP contribution in [0.15, 0.2) is 30.3 Å². The smallest absolute Gasteiger partial charge is 0.323 e. The monoisotopic (exact) mass is 253 g/mol. The van der Waals surface area contributed by atoms with Crippen molar-refractivity contribution in [2.75, 3.05) is 12.0 Å². The largest absolute Gasteiger partial charge is 0.457 e.